The highest BCUT2D eigenvalue weighted by Crippen LogP contribution is 2.34. The molecule has 3 aromatic carbocycles. The predicted molar refractivity (Wildman–Crippen MR) is 165 cm³/mol. The fourth-order valence-corrected chi connectivity index (χ4v) is 5.48. The molecule has 246 valence electrons. The molecular weight excluding hydrogens is 605 g/mol. The summed E-state index contributed by atoms with van der Waals surface area (Å²) in [6.07, 6.45) is -4.84. The van der Waals surface area contributed by atoms with E-state index in [-0.39, 0.29) is 43.4 Å². The summed E-state index contributed by atoms with van der Waals surface area (Å²) in [4.78, 5) is 30.0. The van der Waals surface area contributed by atoms with Gasteiger partial charge in [0.25, 0.3) is 0 Å². The monoisotopic (exact) mass is 642 g/mol. The summed E-state index contributed by atoms with van der Waals surface area (Å²) in [5.74, 6) is 1.62. The van der Waals surface area contributed by atoms with E-state index in [0.717, 1.165) is 17.7 Å². The number of urea groups is 1. The van der Waals surface area contributed by atoms with Crippen LogP contribution < -0.4 is 24.8 Å². The van der Waals surface area contributed by atoms with Crippen molar-refractivity contribution < 1.29 is 42.1 Å². The third-order valence-electron chi connectivity index (χ3n) is 8.03. The van der Waals surface area contributed by atoms with E-state index < -0.39 is 23.8 Å². The predicted octanol–water partition coefficient (Wildman–Crippen LogP) is 5.36. The smallest absolute Gasteiger partial charge is 0.416 e. The molecule has 2 aliphatic rings. The number of hydrogen-bond acceptors (Lipinski definition) is 7. The molecule has 0 aromatic heterocycles. The number of aliphatic hydroxyl groups excluding tert-OH is 1. The third kappa shape index (κ3) is 8.01. The van der Waals surface area contributed by atoms with Gasteiger partial charge in [0.05, 0.1) is 24.6 Å². The molecule has 0 saturated carbocycles. The zero-order valence-corrected chi connectivity index (χ0v) is 25.8. The minimum Gasteiger partial charge on any atom is -0.488 e. The molecule has 3 aromatic rings. The van der Waals surface area contributed by atoms with Gasteiger partial charge in [0, 0.05) is 42.5 Å². The van der Waals surface area contributed by atoms with Gasteiger partial charge in [-0.1, -0.05) is 13.0 Å². The average molecular weight is 643 g/mol. The van der Waals surface area contributed by atoms with Crippen LogP contribution in [0.5, 0.6) is 17.2 Å². The molecule has 0 unspecified atom stereocenters. The van der Waals surface area contributed by atoms with Crippen LogP contribution in [0, 0.1) is 5.92 Å². The van der Waals surface area contributed by atoms with Crippen molar-refractivity contribution in [3.8, 4) is 17.2 Å². The second-order valence-corrected chi connectivity index (χ2v) is 11.7. The van der Waals surface area contributed by atoms with E-state index in [1.165, 1.54) is 12.1 Å². The maximum absolute atomic E-state index is 13.5. The number of fused-ring (bicyclic) bond motifs is 2. The van der Waals surface area contributed by atoms with Crippen molar-refractivity contribution in [2.45, 2.75) is 45.1 Å². The van der Waals surface area contributed by atoms with Crippen LogP contribution in [0.25, 0.3) is 0 Å². The van der Waals surface area contributed by atoms with Crippen LogP contribution in [-0.4, -0.2) is 72.5 Å². The van der Waals surface area contributed by atoms with Gasteiger partial charge in [-0.25, -0.2) is 4.79 Å². The average Bonchev–Trinajstić information content (AvgIpc) is 3.48. The van der Waals surface area contributed by atoms with Crippen molar-refractivity contribution in [3.05, 3.63) is 77.4 Å². The minimum absolute atomic E-state index is 0.0256. The molecular formula is C33H37F3N4O6. The highest BCUT2D eigenvalue weighted by molar-refractivity contribution is 6.00. The molecule has 0 radical (unpaired) electrons. The lowest BCUT2D eigenvalue weighted by Crippen LogP contribution is -2.47. The van der Waals surface area contributed by atoms with Crippen LogP contribution in [-0.2, 0) is 23.9 Å². The van der Waals surface area contributed by atoms with E-state index in [1.807, 2.05) is 32.2 Å². The van der Waals surface area contributed by atoms with Gasteiger partial charge in [-0.2, -0.15) is 13.2 Å². The molecule has 2 heterocycles. The molecule has 3 N–H and O–H groups in total. The van der Waals surface area contributed by atoms with Crippen LogP contribution in [0.4, 0.5) is 29.3 Å². The van der Waals surface area contributed by atoms with Gasteiger partial charge in [-0.05, 0) is 74.1 Å². The molecule has 3 atom stereocenters. The Morgan fingerprint density at radius 1 is 1.02 bits per heavy atom. The van der Waals surface area contributed by atoms with Gasteiger partial charge in [0.2, 0.25) is 12.7 Å². The summed E-state index contributed by atoms with van der Waals surface area (Å²) in [6, 6.07) is 13.8. The van der Waals surface area contributed by atoms with Crippen molar-refractivity contribution in [2.24, 2.45) is 5.92 Å². The van der Waals surface area contributed by atoms with Crippen molar-refractivity contribution in [3.63, 3.8) is 0 Å². The summed E-state index contributed by atoms with van der Waals surface area (Å²) in [5, 5.41) is 15.1. The first-order valence-corrected chi connectivity index (χ1v) is 14.9. The summed E-state index contributed by atoms with van der Waals surface area (Å²) in [7, 11) is 1.98. The summed E-state index contributed by atoms with van der Waals surface area (Å²) in [5.41, 5.74) is 1.31. The number of rotatable bonds is 8. The first kappa shape index (κ1) is 32.9. The number of aliphatic hydroxyl groups is 1. The Balaban J connectivity index is 1.33. The van der Waals surface area contributed by atoms with Crippen LogP contribution in [0.1, 0.15) is 30.5 Å². The SMILES string of the molecule is C[C@H]1CN([C@@H](C)CO)C(=O)Cc2cc(NC(=O)Nc3ccc(C(F)(F)F)cc3)ccc2O[C@@H]1CN(C)Cc1ccc2c(c1)OCO2. The van der Waals surface area contributed by atoms with Gasteiger partial charge in [-0.15, -0.1) is 0 Å². The Morgan fingerprint density at radius 2 is 1.70 bits per heavy atom. The normalized spacial score (nSPS) is 18.6. The van der Waals surface area contributed by atoms with E-state index in [1.54, 1.807) is 30.0 Å². The lowest BCUT2D eigenvalue weighted by Gasteiger charge is -2.34. The fourth-order valence-electron chi connectivity index (χ4n) is 5.48. The van der Waals surface area contributed by atoms with E-state index in [2.05, 4.69) is 15.5 Å². The molecule has 46 heavy (non-hydrogen) atoms. The molecule has 10 nitrogen and oxygen atoms in total. The standard InChI is InChI=1S/C33H37F3N4O6/c1-20-15-40(21(2)18-41)31(42)14-23-13-26(38-32(43)37-25-7-5-24(6-8-25)33(34,35)36)9-11-27(23)46-30(20)17-39(3)16-22-4-10-28-29(12-22)45-19-44-28/h4-13,20-21,30,41H,14-19H2,1-3H3,(H2,37,38,43)/t20-,21-,30+/m0/s1. The molecule has 0 spiro atoms. The second-order valence-electron chi connectivity index (χ2n) is 11.7. The van der Waals surface area contributed by atoms with Crippen LogP contribution in [0.2, 0.25) is 0 Å². The quantitative estimate of drug-likeness (QED) is 0.303. The number of halogens is 3. The summed E-state index contributed by atoms with van der Waals surface area (Å²) < 4.78 is 56.1. The Kier molecular flexibility index (Phi) is 9.92. The summed E-state index contributed by atoms with van der Waals surface area (Å²) >= 11 is 0. The van der Waals surface area contributed by atoms with Gasteiger partial charge >= 0.3 is 12.2 Å². The second kappa shape index (κ2) is 13.9. The van der Waals surface area contributed by atoms with Crippen LogP contribution in [0.3, 0.4) is 0 Å². The van der Waals surface area contributed by atoms with E-state index >= 15 is 0 Å². The Bertz CT molecular complexity index is 1550. The first-order chi connectivity index (χ1) is 21.9. The highest BCUT2D eigenvalue weighted by atomic mass is 19.4. The lowest BCUT2D eigenvalue weighted by atomic mass is 10.0. The van der Waals surface area contributed by atoms with Crippen molar-refractivity contribution in [1.29, 1.82) is 0 Å². The Labute approximate surface area is 265 Å². The number of likely N-dealkylation sites (N-methyl/N-ethyl adjacent to an activating group) is 1. The summed E-state index contributed by atoms with van der Waals surface area (Å²) in [6.45, 7) is 5.31. The largest absolute Gasteiger partial charge is 0.488 e. The van der Waals surface area contributed by atoms with Gasteiger partial charge in [0.15, 0.2) is 11.5 Å². The third-order valence-corrected chi connectivity index (χ3v) is 8.03. The topological polar surface area (TPSA) is 113 Å². The Morgan fingerprint density at radius 3 is 2.41 bits per heavy atom. The number of benzene rings is 3. The van der Waals surface area contributed by atoms with E-state index in [0.29, 0.717) is 48.1 Å². The fraction of sp³-hybridized carbons (Fsp3) is 0.394. The number of carbonyl (C=O) groups is 2. The van der Waals surface area contributed by atoms with Gasteiger partial charge in [-0.3, -0.25) is 9.69 Å². The number of nitrogens with one attached hydrogen (secondary N) is 2. The van der Waals surface area contributed by atoms with Crippen molar-refractivity contribution >= 4 is 23.3 Å². The molecule has 0 bridgehead atoms. The van der Waals surface area contributed by atoms with E-state index in [4.69, 9.17) is 14.2 Å². The molecule has 3 amide bonds. The highest BCUT2D eigenvalue weighted by Gasteiger charge is 2.32. The lowest BCUT2D eigenvalue weighted by molar-refractivity contribution is -0.137. The van der Waals surface area contributed by atoms with Crippen molar-refractivity contribution in [2.75, 3.05) is 44.2 Å². The molecule has 2 aliphatic heterocycles. The van der Waals surface area contributed by atoms with E-state index in [9.17, 15) is 27.9 Å². The Hall–Kier alpha value is -4.49. The molecule has 5 rings (SSSR count). The minimum atomic E-state index is -4.48. The number of hydrogen-bond donors (Lipinski definition) is 3. The van der Waals surface area contributed by atoms with Crippen LogP contribution in [0.15, 0.2) is 60.7 Å². The number of nitrogens with zero attached hydrogens (tertiary/aromatic N) is 2. The number of ether oxygens (including phenoxy) is 3. The van der Waals surface area contributed by atoms with Crippen molar-refractivity contribution in [1.82, 2.24) is 9.80 Å². The van der Waals surface area contributed by atoms with Crippen LogP contribution >= 0.6 is 0 Å². The van der Waals surface area contributed by atoms with Gasteiger partial charge in [0.1, 0.15) is 11.9 Å². The maximum atomic E-state index is 13.5. The zero-order chi connectivity index (χ0) is 33.0. The first-order valence-electron chi connectivity index (χ1n) is 14.9. The number of carbonyl (C=O) groups excluding carboxylic acids is 2. The number of amides is 3. The molecule has 0 fully saturated rings. The number of anilines is 2. The molecule has 0 aliphatic carbocycles. The number of alkyl halides is 3. The zero-order valence-electron chi connectivity index (χ0n) is 25.8. The van der Waals surface area contributed by atoms with Gasteiger partial charge < -0.3 is 34.9 Å². The molecule has 13 heteroatoms. The molecule has 0 saturated heterocycles. The maximum Gasteiger partial charge on any atom is 0.416 e.